The number of hydrogen-bond donors (Lipinski definition) is 0. The fourth-order valence-corrected chi connectivity index (χ4v) is 9.69. The van der Waals surface area contributed by atoms with Crippen LogP contribution in [0, 0.1) is 0 Å². The first kappa shape index (κ1) is 36.5. The molecule has 3 nitrogen and oxygen atoms in total. The largest absolute Gasteiger partial charge is 0.456 e. The smallest absolute Gasteiger partial charge is 0.137 e. The molecule has 0 spiro atoms. The van der Waals surface area contributed by atoms with Gasteiger partial charge in [0.1, 0.15) is 11.2 Å². The zero-order chi connectivity index (χ0) is 41.2. The summed E-state index contributed by atoms with van der Waals surface area (Å²) < 4.78 is 8.82. The lowest BCUT2D eigenvalue weighted by molar-refractivity contribution is 0.660. The van der Waals surface area contributed by atoms with Gasteiger partial charge < -0.3 is 13.9 Å². The lowest BCUT2D eigenvalue weighted by Gasteiger charge is -2.28. The van der Waals surface area contributed by atoms with Gasteiger partial charge in [-0.1, -0.05) is 142 Å². The molecule has 0 atom stereocenters. The highest BCUT2D eigenvalue weighted by atomic mass is 16.3. The van der Waals surface area contributed by atoms with Crippen molar-refractivity contribution in [3.8, 4) is 27.9 Å². The Kier molecular flexibility index (Phi) is 8.54. The van der Waals surface area contributed by atoms with Crippen LogP contribution in [0.5, 0.6) is 0 Å². The number of nitrogens with zero attached hydrogens (tertiary/aromatic N) is 2. The van der Waals surface area contributed by atoms with Crippen LogP contribution in [-0.2, 0) is 5.41 Å². The summed E-state index contributed by atoms with van der Waals surface area (Å²) in [5, 5.41) is 4.69. The summed E-state index contributed by atoms with van der Waals surface area (Å²) in [6.45, 7) is 10.9. The molecule has 2 heterocycles. The Morgan fingerprint density at radius 3 is 1.98 bits per heavy atom. The van der Waals surface area contributed by atoms with Crippen molar-refractivity contribution in [1.29, 1.82) is 0 Å². The van der Waals surface area contributed by atoms with Crippen molar-refractivity contribution < 1.29 is 4.42 Å². The van der Waals surface area contributed by atoms with Gasteiger partial charge in [-0.25, -0.2) is 0 Å². The minimum absolute atomic E-state index is 0.213. The predicted octanol–water partition coefficient (Wildman–Crippen LogP) is 16.3. The highest BCUT2D eigenvalue weighted by Gasteiger charge is 2.36. The average Bonchev–Trinajstić information content (AvgIpc) is 3.93. The molecule has 292 valence electrons. The lowest BCUT2D eigenvalue weighted by Crippen LogP contribution is -2.17. The van der Waals surface area contributed by atoms with E-state index in [1.807, 2.05) is 19.1 Å². The Morgan fingerprint density at radius 2 is 1.23 bits per heavy atom. The number of fused-ring (bicyclic) bond motifs is 10. The Hall–Kier alpha value is -7.62. The van der Waals surface area contributed by atoms with Crippen LogP contribution in [0.1, 0.15) is 37.5 Å². The maximum atomic E-state index is 6.41. The van der Waals surface area contributed by atoms with Gasteiger partial charge in [0, 0.05) is 44.3 Å². The molecule has 0 radical (unpaired) electrons. The molecule has 61 heavy (non-hydrogen) atoms. The summed E-state index contributed by atoms with van der Waals surface area (Å²) in [7, 11) is 0. The highest BCUT2D eigenvalue weighted by Crippen LogP contribution is 2.51. The third-order valence-corrected chi connectivity index (χ3v) is 12.7. The van der Waals surface area contributed by atoms with Crippen LogP contribution in [0.25, 0.3) is 77.3 Å². The molecule has 0 saturated heterocycles. The standard InChI is InChI=1S/C58H44N2O/c1-5-7-15-38(6-2)41-24-32-46-47-33-31-45(37-52(47)58(3,4)51(46)36-41)59(42-25-22-40(23-26-42)39-16-9-8-10-17-39)43-27-29-44(30-28-43)60-53-20-13-11-18-48(53)49-34-35-55-56(57(49)60)50-19-12-14-21-54(50)61-55/h5-37H,2H2,1,3-4H3. The first-order valence-corrected chi connectivity index (χ1v) is 21.1. The monoisotopic (exact) mass is 784 g/mol. The van der Waals surface area contributed by atoms with Crippen molar-refractivity contribution in [2.75, 3.05) is 4.90 Å². The molecule has 0 N–H and O–H groups in total. The van der Waals surface area contributed by atoms with Crippen LogP contribution >= 0.6 is 0 Å². The maximum Gasteiger partial charge on any atom is 0.137 e. The van der Waals surface area contributed by atoms with Gasteiger partial charge in [0.25, 0.3) is 0 Å². The number of rotatable bonds is 8. The lowest BCUT2D eigenvalue weighted by atomic mass is 9.81. The quantitative estimate of drug-likeness (QED) is 0.143. The van der Waals surface area contributed by atoms with Gasteiger partial charge in [-0.2, -0.15) is 0 Å². The number of furan rings is 1. The summed E-state index contributed by atoms with van der Waals surface area (Å²) >= 11 is 0. The van der Waals surface area contributed by atoms with E-state index in [0.29, 0.717) is 0 Å². The number of anilines is 3. The predicted molar refractivity (Wildman–Crippen MR) is 259 cm³/mol. The van der Waals surface area contributed by atoms with E-state index in [1.54, 1.807) is 0 Å². The van der Waals surface area contributed by atoms with Gasteiger partial charge in [-0.3, -0.25) is 0 Å². The molecular formula is C58H44N2O. The third kappa shape index (κ3) is 5.80. The van der Waals surface area contributed by atoms with E-state index in [-0.39, 0.29) is 5.41 Å². The van der Waals surface area contributed by atoms with Gasteiger partial charge in [0.15, 0.2) is 0 Å². The maximum absolute atomic E-state index is 6.41. The normalized spacial score (nSPS) is 13.4. The number of para-hydroxylation sites is 2. The molecular weight excluding hydrogens is 741 g/mol. The van der Waals surface area contributed by atoms with Gasteiger partial charge in [-0.15, -0.1) is 0 Å². The summed E-state index contributed by atoms with van der Waals surface area (Å²) in [6.07, 6.45) is 8.21. The zero-order valence-corrected chi connectivity index (χ0v) is 34.6. The topological polar surface area (TPSA) is 21.3 Å². The molecule has 10 aromatic rings. The number of hydrogen-bond acceptors (Lipinski definition) is 2. The summed E-state index contributed by atoms with van der Waals surface area (Å²) in [4.78, 5) is 2.40. The van der Waals surface area contributed by atoms with Gasteiger partial charge in [-0.05, 0) is 130 Å². The molecule has 0 fully saturated rings. The van der Waals surface area contributed by atoms with Crippen molar-refractivity contribution in [3.63, 3.8) is 0 Å². The van der Waals surface area contributed by atoms with Crippen LogP contribution in [0.4, 0.5) is 17.1 Å². The minimum Gasteiger partial charge on any atom is -0.456 e. The summed E-state index contributed by atoms with van der Waals surface area (Å²) in [6, 6.07) is 63.9. The Bertz CT molecular complexity index is 3390. The van der Waals surface area contributed by atoms with Crippen molar-refractivity contribution >= 4 is 66.4 Å². The van der Waals surface area contributed by atoms with Crippen molar-refractivity contribution in [2.45, 2.75) is 26.2 Å². The molecule has 1 aliphatic rings. The molecule has 0 saturated carbocycles. The molecule has 11 rings (SSSR count). The minimum atomic E-state index is -0.213. The van der Waals surface area contributed by atoms with Crippen molar-refractivity contribution in [1.82, 2.24) is 4.57 Å². The van der Waals surface area contributed by atoms with E-state index in [0.717, 1.165) is 61.3 Å². The van der Waals surface area contributed by atoms with Crippen LogP contribution in [-0.4, -0.2) is 4.57 Å². The molecule has 0 amide bonds. The third-order valence-electron chi connectivity index (χ3n) is 12.7. The Morgan fingerprint density at radius 1 is 0.590 bits per heavy atom. The molecule has 2 aromatic heterocycles. The highest BCUT2D eigenvalue weighted by molar-refractivity contribution is 6.24. The second kappa shape index (κ2) is 14.3. The van der Waals surface area contributed by atoms with Crippen LogP contribution < -0.4 is 4.90 Å². The van der Waals surface area contributed by atoms with Gasteiger partial charge in [0.05, 0.1) is 16.4 Å². The Balaban J connectivity index is 1.06. The fraction of sp³-hybridized carbons (Fsp3) is 0.0690. The van der Waals surface area contributed by atoms with E-state index in [9.17, 15) is 0 Å². The first-order chi connectivity index (χ1) is 29.9. The molecule has 3 heteroatoms. The van der Waals surface area contributed by atoms with Gasteiger partial charge in [0.2, 0.25) is 0 Å². The second-order valence-electron chi connectivity index (χ2n) is 16.5. The molecule has 1 aliphatic carbocycles. The van der Waals surface area contributed by atoms with Gasteiger partial charge >= 0.3 is 0 Å². The van der Waals surface area contributed by atoms with Crippen molar-refractivity contribution in [3.05, 3.63) is 223 Å². The fourth-order valence-electron chi connectivity index (χ4n) is 9.69. The summed E-state index contributed by atoms with van der Waals surface area (Å²) in [5.74, 6) is 0. The molecule has 8 aromatic carbocycles. The molecule has 0 bridgehead atoms. The number of aromatic nitrogens is 1. The Labute approximate surface area is 356 Å². The van der Waals surface area contributed by atoms with Crippen LogP contribution in [0.3, 0.4) is 0 Å². The first-order valence-electron chi connectivity index (χ1n) is 21.1. The molecule has 0 aliphatic heterocycles. The SMILES string of the molecule is C=CC(=CC=CC)c1ccc2c(c1)C(C)(C)c1cc(N(c3ccc(-c4ccccc4)cc3)c3ccc(-n4c5ccccc5c5ccc6oc7ccccc7c6c54)cc3)ccc1-2. The van der Waals surface area contributed by atoms with E-state index < -0.39 is 0 Å². The average molecular weight is 785 g/mol. The van der Waals surface area contributed by atoms with E-state index in [4.69, 9.17) is 4.42 Å². The van der Waals surface area contributed by atoms with E-state index in [1.165, 1.54) is 49.7 Å². The second-order valence-corrected chi connectivity index (χ2v) is 16.5. The zero-order valence-electron chi connectivity index (χ0n) is 34.6. The molecule has 0 unspecified atom stereocenters. The van der Waals surface area contributed by atoms with E-state index >= 15 is 0 Å². The summed E-state index contributed by atoms with van der Waals surface area (Å²) in [5.41, 5.74) is 18.2. The van der Waals surface area contributed by atoms with Crippen molar-refractivity contribution in [2.24, 2.45) is 0 Å². The number of benzene rings is 8. The number of allylic oxidation sites excluding steroid dienone is 5. The van der Waals surface area contributed by atoms with Crippen LogP contribution in [0.15, 0.2) is 211 Å². The van der Waals surface area contributed by atoms with E-state index in [2.05, 4.69) is 218 Å². The van der Waals surface area contributed by atoms with Crippen LogP contribution in [0.2, 0.25) is 0 Å².